The minimum absolute atomic E-state index is 0.247. The number of allylic oxidation sites excluding steroid dienone is 1. The number of hydrogen-bond donors (Lipinski definition) is 4. The molecule has 0 radical (unpaired) electrons. The maximum atomic E-state index is 10.9. The fourth-order valence-electron chi connectivity index (χ4n) is 0.647. The number of carbonyl (C=O) groups excluding carboxylic acids is 1. The maximum absolute atomic E-state index is 10.9. The molecule has 13 heavy (non-hydrogen) atoms. The number of hydrazine groups is 1. The third-order valence-corrected chi connectivity index (χ3v) is 1.33. The molecule has 0 aromatic heterocycles. The average molecular weight is 182 g/mol. The molecule has 0 aromatic carbocycles. The fourth-order valence-corrected chi connectivity index (χ4v) is 0.647. The van der Waals surface area contributed by atoms with Gasteiger partial charge in [0.15, 0.2) is 0 Å². The van der Waals surface area contributed by atoms with Gasteiger partial charge < -0.3 is 16.5 Å². The molecule has 5 heteroatoms. The molecule has 6 N–H and O–H groups in total. The molecule has 0 unspecified atom stereocenters. The van der Waals surface area contributed by atoms with E-state index >= 15 is 0 Å². The summed E-state index contributed by atoms with van der Waals surface area (Å²) in [7, 11) is 1.53. The zero-order valence-electron chi connectivity index (χ0n) is 7.50. The SMILES string of the molecule is C=CC(=C\C(=O)NC)/C(N)=C/NN. The van der Waals surface area contributed by atoms with Crippen molar-refractivity contribution in [3.05, 3.63) is 36.2 Å². The summed E-state index contributed by atoms with van der Waals surface area (Å²) < 4.78 is 0. The lowest BCUT2D eigenvalue weighted by Gasteiger charge is -2.01. The maximum Gasteiger partial charge on any atom is 0.244 e. The van der Waals surface area contributed by atoms with E-state index in [2.05, 4.69) is 17.3 Å². The van der Waals surface area contributed by atoms with E-state index in [0.717, 1.165) is 0 Å². The van der Waals surface area contributed by atoms with Gasteiger partial charge in [-0.2, -0.15) is 0 Å². The van der Waals surface area contributed by atoms with Crippen LogP contribution in [0.3, 0.4) is 0 Å². The fraction of sp³-hybridized carbons (Fsp3) is 0.125. The quantitative estimate of drug-likeness (QED) is 0.196. The third kappa shape index (κ3) is 3.97. The van der Waals surface area contributed by atoms with Gasteiger partial charge in [-0.25, -0.2) is 0 Å². The molecule has 0 aliphatic rings. The highest BCUT2D eigenvalue weighted by Gasteiger charge is 1.98. The second-order valence-electron chi connectivity index (χ2n) is 2.18. The van der Waals surface area contributed by atoms with E-state index in [1.54, 1.807) is 0 Å². The molecule has 0 aliphatic heterocycles. The molecular formula is C8H14N4O. The predicted octanol–water partition coefficient (Wildman–Crippen LogP) is -0.892. The standard InChI is InChI=1S/C8H14N4O/c1-3-6(4-8(13)11-2)7(9)5-12-10/h3-5,12H,1,9-10H2,2H3,(H,11,13)/b6-4+,7-5-. The van der Waals surface area contributed by atoms with Crippen molar-refractivity contribution >= 4 is 5.91 Å². The van der Waals surface area contributed by atoms with Crippen LogP contribution in [0.4, 0.5) is 0 Å². The summed E-state index contributed by atoms with van der Waals surface area (Å²) >= 11 is 0. The van der Waals surface area contributed by atoms with Crippen LogP contribution in [0.25, 0.3) is 0 Å². The topological polar surface area (TPSA) is 93.2 Å². The number of carbonyl (C=O) groups is 1. The molecule has 0 atom stereocenters. The Bertz CT molecular complexity index is 255. The number of likely N-dealkylation sites (N-methyl/N-ethyl adjacent to an activating group) is 1. The highest BCUT2D eigenvalue weighted by Crippen LogP contribution is 2.03. The Morgan fingerprint density at radius 1 is 1.54 bits per heavy atom. The van der Waals surface area contributed by atoms with Crippen LogP contribution in [-0.2, 0) is 4.79 Å². The van der Waals surface area contributed by atoms with Crippen molar-refractivity contribution in [1.29, 1.82) is 0 Å². The second-order valence-corrected chi connectivity index (χ2v) is 2.18. The molecule has 0 bridgehead atoms. The first kappa shape index (κ1) is 11.2. The lowest BCUT2D eigenvalue weighted by molar-refractivity contribution is -0.116. The van der Waals surface area contributed by atoms with Gasteiger partial charge in [0.1, 0.15) is 0 Å². The Morgan fingerprint density at radius 2 is 2.15 bits per heavy atom. The summed E-state index contributed by atoms with van der Waals surface area (Å²) in [5.74, 6) is 4.77. The zero-order chi connectivity index (χ0) is 10.3. The van der Waals surface area contributed by atoms with Crippen molar-refractivity contribution in [3.63, 3.8) is 0 Å². The Morgan fingerprint density at radius 3 is 2.54 bits per heavy atom. The molecule has 0 saturated carbocycles. The van der Waals surface area contributed by atoms with Crippen LogP contribution >= 0.6 is 0 Å². The van der Waals surface area contributed by atoms with E-state index in [-0.39, 0.29) is 5.91 Å². The molecule has 0 heterocycles. The summed E-state index contributed by atoms with van der Waals surface area (Å²) in [4.78, 5) is 10.9. The largest absolute Gasteiger partial charge is 0.397 e. The lowest BCUT2D eigenvalue weighted by atomic mass is 10.2. The minimum Gasteiger partial charge on any atom is -0.397 e. The average Bonchev–Trinajstić information content (AvgIpc) is 2.14. The molecule has 0 aromatic rings. The van der Waals surface area contributed by atoms with Gasteiger partial charge in [0.05, 0.1) is 5.70 Å². The Balaban J connectivity index is 4.69. The van der Waals surface area contributed by atoms with Gasteiger partial charge in [-0.05, 0) is 0 Å². The third-order valence-electron chi connectivity index (χ3n) is 1.33. The summed E-state index contributed by atoms with van der Waals surface area (Å²) in [6.07, 6.45) is 4.17. The molecular weight excluding hydrogens is 168 g/mol. The lowest BCUT2D eigenvalue weighted by Crippen LogP contribution is -2.19. The Kier molecular flexibility index (Phi) is 5.06. The molecule has 0 saturated heterocycles. The van der Waals surface area contributed by atoms with Crippen LogP contribution in [0.2, 0.25) is 0 Å². The Hall–Kier alpha value is -1.75. The first-order chi connectivity index (χ1) is 6.15. The van der Waals surface area contributed by atoms with E-state index in [1.807, 2.05) is 0 Å². The summed E-state index contributed by atoms with van der Waals surface area (Å²) in [6, 6.07) is 0. The smallest absolute Gasteiger partial charge is 0.244 e. The molecule has 0 rings (SSSR count). The van der Waals surface area contributed by atoms with E-state index < -0.39 is 0 Å². The summed E-state index contributed by atoms with van der Waals surface area (Å²) in [5, 5.41) is 2.43. The Labute approximate surface area is 77.1 Å². The van der Waals surface area contributed by atoms with Crippen LogP contribution < -0.4 is 22.3 Å². The summed E-state index contributed by atoms with van der Waals surface area (Å²) in [6.45, 7) is 3.51. The number of amides is 1. The van der Waals surface area contributed by atoms with Crippen molar-refractivity contribution < 1.29 is 4.79 Å². The van der Waals surface area contributed by atoms with Crippen LogP contribution in [0.1, 0.15) is 0 Å². The van der Waals surface area contributed by atoms with E-state index in [9.17, 15) is 4.79 Å². The normalized spacial score (nSPS) is 12.2. The number of nitrogens with one attached hydrogen (secondary N) is 2. The predicted molar refractivity (Wildman–Crippen MR) is 51.9 cm³/mol. The van der Waals surface area contributed by atoms with Gasteiger partial charge in [0.25, 0.3) is 0 Å². The van der Waals surface area contributed by atoms with Gasteiger partial charge in [0, 0.05) is 24.9 Å². The first-order valence-electron chi connectivity index (χ1n) is 3.63. The van der Waals surface area contributed by atoms with Gasteiger partial charge >= 0.3 is 0 Å². The minimum atomic E-state index is -0.247. The van der Waals surface area contributed by atoms with E-state index in [4.69, 9.17) is 11.6 Å². The zero-order valence-corrected chi connectivity index (χ0v) is 7.50. The number of rotatable bonds is 4. The van der Waals surface area contributed by atoms with Gasteiger partial charge in [0.2, 0.25) is 5.91 Å². The van der Waals surface area contributed by atoms with E-state index in [0.29, 0.717) is 11.3 Å². The number of hydrogen-bond acceptors (Lipinski definition) is 4. The molecule has 0 spiro atoms. The highest BCUT2D eigenvalue weighted by molar-refractivity contribution is 5.89. The molecule has 0 fully saturated rings. The monoisotopic (exact) mass is 182 g/mol. The van der Waals surface area contributed by atoms with Crippen molar-refractivity contribution in [2.45, 2.75) is 0 Å². The van der Waals surface area contributed by atoms with Crippen molar-refractivity contribution in [1.82, 2.24) is 10.7 Å². The van der Waals surface area contributed by atoms with Crippen LogP contribution in [0.15, 0.2) is 36.2 Å². The van der Waals surface area contributed by atoms with Gasteiger partial charge in [-0.15, -0.1) is 0 Å². The molecule has 1 amide bonds. The molecule has 5 nitrogen and oxygen atoms in total. The molecule has 72 valence electrons. The van der Waals surface area contributed by atoms with Gasteiger partial charge in [-0.3, -0.25) is 10.6 Å². The van der Waals surface area contributed by atoms with Crippen LogP contribution in [0, 0.1) is 0 Å². The van der Waals surface area contributed by atoms with Crippen molar-refractivity contribution in [2.75, 3.05) is 7.05 Å². The van der Waals surface area contributed by atoms with E-state index in [1.165, 1.54) is 25.4 Å². The van der Waals surface area contributed by atoms with Crippen LogP contribution in [-0.4, -0.2) is 13.0 Å². The molecule has 0 aliphatic carbocycles. The summed E-state index contributed by atoms with van der Waals surface area (Å²) in [5.41, 5.74) is 8.67. The number of nitrogens with two attached hydrogens (primary N) is 2. The van der Waals surface area contributed by atoms with Crippen molar-refractivity contribution in [2.24, 2.45) is 11.6 Å². The van der Waals surface area contributed by atoms with Gasteiger partial charge in [-0.1, -0.05) is 12.7 Å². The van der Waals surface area contributed by atoms with Crippen molar-refractivity contribution in [3.8, 4) is 0 Å². The van der Waals surface area contributed by atoms with Crippen LogP contribution in [0.5, 0.6) is 0 Å². The first-order valence-corrected chi connectivity index (χ1v) is 3.63. The highest BCUT2D eigenvalue weighted by atomic mass is 16.1. The second kappa shape index (κ2) is 5.84.